The van der Waals surface area contributed by atoms with Gasteiger partial charge in [0.1, 0.15) is 5.75 Å². The summed E-state index contributed by atoms with van der Waals surface area (Å²) in [5.41, 5.74) is 0.592. The van der Waals surface area contributed by atoms with Crippen LogP contribution in [0.2, 0.25) is 0 Å². The predicted octanol–water partition coefficient (Wildman–Crippen LogP) is 3.23. The normalized spacial score (nSPS) is 20.1. The van der Waals surface area contributed by atoms with Gasteiger partial charge in [-0.15, -0.1) is 0 Å². The number of rotatable bonds is 2. The molecule has 0 aliphatic carbocycles. The van der Waals surface area contributed by atoms with E-state index in [4.69, 9.17) is 14.7 Å². The molecule has 0 N–H and O–H groups in total. The summed E-state index contributed by atoms with van der Waals surface area (Å²) in [5.74, 6) is 0.672. The first-order valence-corrected chi connectivity index (χ1v) is 6.07. The maximum Gasteiger partial charge on any atom is 0.199 e. The minimum atomic E-state index is -0.181. The van der Waals surface area contributed by atoms with Crippen LogP contribution in [0.15, 0.2) is 22.7 Å². The Morgan fingerprint density at radius 2 is 2.31 bits per heavy atom. The first-order chi connectivity index (χ1) is 7.79. The highest BCUT2D eigenvalue weighted by Crippen LogP contribution is 2.28. The zero-order valence-electron chi connectivity index (χ0n) is 8.78. The zero-order chi connectivity index (χ0) is 11.4. The third-order valence-corrected chi connectivity index (χ3v) is 3.11. The lowest BCUT2D eigenvalue weighted by atomic mass is 10.2. The summed E-state index contributed by atoms with van der Waals surface area (Å²) in [6, 6.07) is 7.38. The van der Waals surface area contributed by atoms with Gasteiger partial charge in [0.2, 0.25) is 0 Å². The molecule has 1 fully saturated rings. The highest BCUT2D eigenvalue weighted by atomic mass is 79.9. The maximum absolute atomic E-state index is 8.81. The molecule has 3 nitrogen and oxygen atoms in total. The van der Waals surface area contributed by atoms with Crippen molar-refractivity contribution < 1.29 is 9.47 Å². The minimum Gasteiger partial charge on any atom is -0.464 e. The molecule has 1 heterocycles. The van der Waals surface area contributed by atoms with Gasteiger partial charge in [-0.2, -0.15) is 5.26 Å². The van der Waals surface area contributed by atoms with E-state index < -0.39 is 0 Å². The van der Waals surface area contributed by atoms with Crippen LogP contribution in [0.5, 0.6) is 5.75 Å². The summed E-state index contributed by atoms with van der Waals surface area (Å²) in [5, 5.41) is 8.81. The highest BCUT2D eigenvalue weighted by Gasteiger charge is 2.16. The molecule has 1 atom stereocenters. The van der Waals surface area contributed by atoms with Crippen LogP contribution in [0.3, 0.4) is 0 Å². The molecule has 1 saturated heterocycles. The molecule has 0 spiro atoms. The molecule has 0 saturated carbocycles. The zero-order valence-corrected chi connectivity index (χ0v) is 10.4. The molecule has 0 aromatic heterocycles. The average molecular weight is 282 g/mol. The minimum absolute atomic E-state index is 0.181. The molecule has 1 aliphatic rings. The molecule has 0 amide bonds. The van der Waals surface area contributed by atoms with E-state index in [9.17, 15) is 0 Å². The van der Waals surface area contributed by atoms with Crippen LogP contribution in [0.25, 0.3) is 0 Å². The van der Waals surface area contributed by atoms with Gasteiger partial charge in [0.05, 0.1) is 22.7 Å². The molecular weight excluding hydrogens is 270 g/mol. The highest BCUT2D eigenvalue weighted by molar-refractivity contribution is 9.10. The van der Waals surface area contributed by atoms with E-state index in [0.29, 0.717) is 11.3 Å². The number of hydrogen-bond donors (Lipinski definition) is 0. The first-order valence-electron chi connectivity index (χ1n) is 5.27. The molecule has 0 bridgehead atoms. The molecule has 16 heavy (non-hydrogen) atoms. The molecule has 1 unspecified atom stereocenters. The lowest BCUT2D eigenvalue weighted by Gasteiger charge is -2.23. The van der Waals surface area contributed by atoms with E-state index in [2.05, 4.69) is 22.0 Å². The molecular formula is C12H12BrNO2. The second-order valence-corrected chi connectivity index (χ2v) is 4.53. The summed E-state index contributed by atoms with van der Waals surface area (Å²) in [6.07, 6.45) is 2.95. The van der Waals surface area contributed by atoms with E-state index in [1.807, 2.05) is 6.07 Å². The van der Waals surface area contributed by atoms with Crippen LogP contribution in [0, 0.1) is 11.3 Å². The van der Waals surface area contributed by atoms with Gasteiger partial charge in [-0.1, -0.05) is 0 Å². The SMILES string of the molecule is N#Cc1ccc(Br)c(OC2CCCCO2)c1. The maximum atomic E-state index is 8.81. The smallest absolute Gasteiger partial charge is 0.199 e. The van der Waals surface area contributed by atoms with E-state index in [-0.39, 0.29) is 6.29 Å². The third kappa shape index (κ3) is 2.75. The Balaban J connectivity index is 2.10. The predicted molar refractivity (Wildman–Crippen MR) is 63.1 cm³/mol. The number of benzene rings is 1. The monoisotopic (exact) mass is 281 g/mol. The Bertz CT molecular complexity index is 408. The van der Waals surface area contributed by atoms with Crippen molar-refractivity contribution >= 4 is 15.9 Å². The number of nitrogens with zero attached hydrogens (tertiary/aromatic N) is 1. The molecule has 84 valence electrons. The van der Waals surface area contributed by atoms with Gasteiger partial charge in [0.15, 0.2) is 6.29 Å². The van der Waals surface area contributed by atoms with Gasteiger partial charge in [-0.25, -0.2) is 0 Å². The quantitative estimate of drug-likeness (QED) is 0.836. The van der Waals surface area contributed by atoms with E-state index >= 15 is 0 Å². The van der Waals surface area contributed by atoms with Gasteiger partial charge >= 0.3 is 0 Å². The second-order valence-electron chi connectivity index (χ2n) is 3.67. The van der Waals surface area contributed by atoms with Gasteiger partial charge in [-0.05, 0) is 47.0 Å². The molecule has 1 aliphatic heterocycles. The number of halogens is 1. The van der Waals surface area contributed by atoms with E-state index in [0.717, 1.165) is 30.3 Å². The third-order valence-electron chi connectivity index (χ3n) is 2.46. The fraction of sp³-hybridized carbons (Fsp3) is 0.417. The first kappa shape index (κ1) is 11.4. The van der Waals surface area contributed by atoms with Gasteiger partial charge in [0.25, 0.3) is 0 Å². The summed E-state index contributed by atoms with van der Waals surface area (Å²) in [4.78, 5) is 0. The van der Waals surface area contributed by atoms with Crippen molar-refractivity contribution in [1.82, 2.24) is 0 Å². The lowest BCUT2D eigenvalue weighted by Crippen LogP contribution is -2.25. The van der Waals surface area contributed by atoms with Crippen molar-refractivity contribution in [3.8, 4) is 11.8 Å². The summed E-state index contributed by atoms with van der Waals surface area (Å²) >= 11 is 3.40. The Hall–Kier alpha value is -1.05. The standard InChI is InChI=1S/C12H12BrNO2/c13-10-5-4-9(8-14)7-11(10)16-12-3-1-2-6-15-12/h4-5,7,12H,1-3,6H2. The number of ether oxygens (including phenoxy) is 2. The van der Waals surface area contributed by atoms with Crippen molar-refractivity contribution in [3.63, 3.8) is 0 Å². The summed E-state index contributed by atoms with van der Waals surface area (Å²) < 4.78 is 12.0. The molecule has 2 rings (SSSR count). The molecule has 0 radical (unpaired) electrons. The van der Waals surface area contributed by atoms with Crippen LogP contribution in [0.4, 0.5) is 0 Å². The Morgan fingerprint density at radius 3 is 3.00 bits per heavy atom. The van der Waals surface area contributed by atoms with Crippen LogP contribution in [-0.4, -0.2) is 12.9 Å². The largest absolute Gasteiger partial charge is 0.464 e. The van der Waals surface area contributed by atoms with Crippen molar-refractivity contribution in [2.24, 2.45) is 0 Å². The number of nitriles is 1. The molecule has 1 aromatic rings. The topological polar surface area (TPSA) is 42.2 Å². The van der Waals surface area contributed by atoms with E-state index in [1.165, 1.54) is 0 Å². The van der Waals surface area contributed by atoms with E-state index in [1.54, 1.807) is 12.1 Å². The van der Waals surface area contributed by atoms with Crippen LogP contribution < -0.4 is 4.74 Å². The fourth-order valence-electron chi connectivity index (χ4n) is 1.61. The Morgan fingerprint density at radius 1 is 1.44 bits per heavy atom. The van der Waals surface area contributed by atoms with Crippen LogP contribution in [0.1, 0.15) is 24.8 Å². The van der Waals surface area contributed by atoms with Crippen molar-refractivity contribution in [2.45, 2.75) is 25.6 Å². The van der Waals surface area contributed by atoms with Crippen molar-refractivity contribution in [2.75, 3.05) is 6.61 Å². The second kappa shape index (κ2) is 5.33. The summed E-state index contributed by atoms with van der Waals surface area (Å²) in [7, 11) is 0. The van der Waals surface area contributed by atoms with Crippen LogP contribution >= 0.6 is 15.9 Å². The van der Waals surface area contributed by atoms with Gasteiger partial charge < -0.3 is 9.47 Å². The van der Waals surface area contributed by atoms with Gasteiger partial charge in [-0.3, -0.25) is 0 Å². The number of hydrogen-bond acceptors (Lipinski definition) is 3. The van der Waals surface area contributed by atoms with Gasteiger partial charge in [0, 0.05) is 6.42 Å². The van der Waals surface area contributed by atoms with Crippen LogP contribution in [-0.2, 0) is 4.74 Å². The lowest BCUT2D eigenvalue weighted by molar-refractivity contribution is -0.106. The Kier molecular flexibility index (Phi) is 3.81. The molecule has 1 aromatic carbocycles. The summed E-state index contributed by atoms with van der Waals surface area (Å²) in [6.45, 7) is 0.750. The van der Waals surface area contributed by atoms with Crippen molar-refractivity contribution in [3.05, 3.63) is 28.2 Å². The molecule has 4 heteroatoms. The average Bonchev–Trinajstić information content (AvgIpc) is 2.33. The fourth-order valence-corrected chi connectivity index (χ4v) is 1.95. The Labute approximate surface area is 103 Å². The van der Waals surface area contributed by atoms with Crippen molar-refractivity contribution in [1.29, 1.82) is 5.26 Å².